The predicted molar refractivity (Wildman–Crippen MR) is 108 cm³/mol. The van der Waals surface area contributed by atoms with Crippen LogP contribution in [-0.2, 0) is 4.74 Å². The van der Waals surface area contributed by atoms with E-state index < -0.39 is 5.60 Å². The van der Waals surface area contributed by atoms with Gasteiger partial charge in [0.15, 0.2) is 0 Å². The second-order valence-corrected chi connectivity index (χ2v) is 8.11. The highest BCUT2D eigenvalue weighted by molar-refractivity contribution is 6.30. The zero-order chi connectivity index (χ0) is 19.9. The minimum Gasteiger partial charge on any atom is -0.443 e. The van der Waals surface area contributed by atoms with E-state index in [0.717, 1.165) is 25.7 Å². The number of likely N-dealkylation sites (tertiary alicyclic amines) is 1. The van der Waals surface area contributed by atoms with Crippen molar-refractivity contribution in [2.24, 2.45) is 5.92 Å². The van der Waals surface area contributed by atoms with E-state index in [0.29, 0.717) is 30.3 Å². The fourth-order valence-electron chi connectivity index (χ4n) is 3.10. The van der Waals surface area contributed by atoms with E-state index in [1.165, 1.54) is 0 Å². The molecular weight excluding hydrogens is 366 g/mol. The summed E-state index contributed by atoms with van der Waals surface area (Å²) in [5.74, 6) is 0.224. The van der Waals surface area contributed by atoms with Crippen LogP contribution in [0.25, 0.3) is 0 Å². The van der Waals surface area contributed by atoms with E-state index in [-0.39, 0.29) is 18.0 Å². The zero-order valence-corrected chi connectivity index (χ0v) is 17.1. The van der Waals surface area contributed by atoms with Gasteiger partial charge in [0, 0.05) is 30.3 Å². The molecule has 1 atom stereocenters. The Kier molecular flexibility index (Phi) is 7.78. The van der Waals surface area contributed by atoms with E-state index in [2.05, 4.69) is 17.6 Å². The highest BCUT2D eigenvalue weighted by Crippen LogP contribution is 2.22. The number of nitrogens with one attached hydrogen (secondary N) is 2. The number of amides is 3. The summed E-state index contributed by atoms with van der Waals surface area (Å²) in [5, 5.41) is 6.18. The van der Waals surface area contributed by atoms with Gasteiger partial charge in [-0.2, -0.15) is 0 Å². The molecule has 1 aliphatic rings. The lowest BCUT2D eigenvalue weighted by Crippen LogP contribution is -2.38. The lowest BCUT2D eigenvalue weighted by atomic mass is 10.0. The Morgan fingerprint density at radius 2 is 2.15 bits per heavy atom. The topological polar surface area (TPSA) is 70.7 Å². The molecule has 0 saturated carbocycles. The van der Waals surface area contributed by atoms with Crippen molar-refractivity contribution in [3.8, 4) is 0 Å². The highest BCUT2D eigenvalue weighted by atomic mass is 35.5. The number of ether oxygens (including phenoxy) is 1. The minimum atomic E-state index is -0.444. The van der Waals surface area contributed by atoms with E-state index >= 15 is 0 Å². The first-order valence-electron chi connectivity index (χ1n) is 9.57. The number of hydrogen-bond donors (Lipinski definition) is 2. The lowest BCUT2D eigenvalue weighted by Gasteiger charge is -2.28. The number of hydrogen-bond acceptors (Lipinski definition) is 3. The van der Waals surface area contributed by atoms with Crippen LogP contribution in [-0.4, -0.2) is 42.3 Å². The molecule has 3 amide bonds. The van der Waals surface area contributed by atoms with Gasteiger partial charge in [0.05, 0.1) is 0 Å². The molecule has 1 unspecified atom stereocenters. The van der Waals surface area contributed by atoms with Gasteiger partial charge in [0.2, 0.25) is 0 Å². The number of carbonyl (C=O) groups is 2. The van der Waals surface area contributed by atoms with Gasteiger partial charge >= 0.3 is 12.1 Å². The summed E-state index contributed by atoms with van der Waals surface area (Å²) in [5.41, 5.74) is 0.200. The van der Waals surface area contributed by atoms with E-state index in [1.54, 1.807) is 29.2 Å². The third-order valence-electron chi connectivity index (χ3n) is 4.67. The maximum absolute atomic E-state index is 12.4. The normalized spacial score (nSPS) is 16.9. The molecule has 0 bridgehead atoms. The molecule has 1 aromatic rings. The van der Waals surface area contributed by atoms with Crippen molar-refractivity contribution < 1.29 is 14.3 Å². The molecule has 2 N–H and O–H groups in total. The molecule has 0 spiro atoms. The van der Waals surface area contributed by atoms with E-state index in [9.17, 15) is 9.59 Å². The molecule has 1 heterocycles. The van der Waals surface area contributed by atoms with Crippen molar-refractivity contribution in [1.82, 2.24) is 10.2 Å². The second kappa shape index (κ2) is 9.83. The molecule has 27 heavy (non-hydrogen) atoms. The summed E-state index contributed by atoms with van der Waals surface area (Å²) in [6.45, 7) is 7.80. The molecule has 7 heteroatoms. The van der Waals surface area contributed by atoms with Crippen LogP contribution >= 0.6 is 11.6 Å². The number of carbonyl (C=O) groups excluding carboxylic acids is 2. The van der Waals surface area contributed by atoms with Gasteiger partial charge < -0.3 is 20.3 Å². The Morgan fingerprint density at radius 1 is 1.37 bits per heavy atom. The quantitative estimate of drug-likeness (QED) is 0.690. The van der Waals surface area contributed by atoms with Crippen LogP contribution < -0.4 is 10.6 Å². The number of rotatable bonds is 7. The van der Waals surface area contributed by atoms with Crippen molar-refractivity contribution in [3.63, 3.8) is 0 Å². The molecule has 2 rings (SSSR count). The van der Waals surface area contributed by atoms with E-state index in [4.69, 9.17) is 16.3 Å². The maximum atomic E-state index is 12.4. The summed E-state index contributed by atoms with van der Waals surface area (Å²) >= 11 is 5.91. The first-order valence-corrected chi connectivity index (χ1v) is 9.95. The fourth-order valence-corrected chi connectivity index (χ4v) is 3.29. The van der Waals surface area contributed by atoms with Crippen molar-refractivity contribution in [1.29, 1.82) is 0 Å². The smallest absolute Gasteiger partial charge is 0.410 e. The lowest BCUT2D eigenvalue weighted by molar-refractivity contribution is 0.0105. The molecule has 6 nitrogen and oxygen atoms in total. The average Bonchev–Trinajstić information content (AvgIpc) is 3.07. The van der Waals surface area contributed by atoms with Crippen molar-refractivity contribution in [2.45, 2.75) is 52.1 Å². The van der Waals surface area contributed by atoms with Gasteiger partial charge in [0.25, 0.3) is 0 Å². The second-order valence-electron chi connectivity index (χ2n) is 7.68. The average molecular weight is 396 g/mol. The van der Waals surface area contributed by atoms with Crippen LogP contribution in [0, 0.1) is 5.92 Å². The minimum absolute atomic E-state index is 0.224. The first kappa shape index (κ1) is 21.4. The third kappa shape index (κ3) is 7.29. The molecule has 1 saturated heterocycles. The van der Waals surface area contributed by atoms with Crippen LogP contribution in [0.15, 0.2) is 24.3 Å². The summed E-state index contributed by atoms with van der Waals surface area (Å²) in [6.07, 6.45) is 3.56. The van der Waals surface area contributed by atoms with Crippen LogP contribution in [0.1, 0.15) is 46.5 Å². The van der Waals surface area contributed by atoms with Crippen LogP contribution in [0.5, 0.6) is 0 Å². The monoisotopic (exact) mass is 395 g/mol. The fraction of sp³-hybridized carbons (Fsp3) is 0.600. The number of nitrogens with zero attached hydrogens (tertiary/aromatic N) is 1. The number of benzene rings is 1. The number of halogens is 1. The summed E-state index contributed by atoms with van der Waals surface area (Å²) in [6, 6.07) is 6.72. The number of urea groups is 1. The predicted octanol–water partition coefficient (Wildman–Crippen LogP) is 4.89. The zero-order valence-electron chi connectivity index (χ0n) is 16.4. The molecule has 0 radical (unpaired) electrons. The van der Waals surface area contributed by atoms with E-state index in [1.807, 2.05) is 13.8 Å². The summed E-state index contributed by atoms with van der Waals surface area (Å²) < 4.78 is 5.66. The van der Waals surface area contributed by atoms with Gasteiger partial charge in [-0.25, -0.2) is 9.59 Å². The molecular formula is C20H30ClN3O3. The first-order chi connectivity index (χ1) is 12.8. The van der Waals surface area contributed by atoms with Crippen LogP contribution in [0.3, 0.4) is 0 Å². The number of anilines is 1. The van der Waals surface area contributed by atoms with Gasteiger partial charge in [0.1, 0.15) is 5.60 Å². The van der Waals surface area contributed by atoms with Crippen LogP contribution in [0.2, 0.25) is 5.02 Å². The van der Waals surface area contributed by atoms with Gasteiger partial charge in [-0.05, 0) is 57.2 Å². The molecule has 0 aliphatic carbocycles. The Labute approximate surface area is 166 Å². The standard InChI is InChI=1S/C20H30ClN3O3/c1-4-5-10-20(2,3)27-19(26)24-11-9-15(14-24)13-22-18(25)23-17-8-6-7-16(21)12-17/h6-8,12,15H,4-5,9-11,13-14H2,1-3H3,(H2,22,23,25). The molecule has 150 valence electrons. The SMILES string of the molecule is CCCCC(C)(C)OC(=O)N1CCC(CNC(=O)Nc2cccc(Cl)c2)C1. The Balaban J connectivity index is 1.72. The van der Waals surface area contributed by atoms with Gasteiger partial charge in [-0.3, -0.25) is 0 Å². The molecule has 0 aromatic heterocycles. The summed E-state index contributed by atoms with van der Waals surface area (Å²) in [4.78, 5) is 26.1. The van der Waals surface area contributed by atoms with Gasteiger partial charge in [-0.1, -0.05) is 31.0 Å². The van der Waals surface area contributed by atoms with Crippen molar-refractivity contribution in [2.75, 3.05) is 25.0 Å². The van der Waals surface area contributed by atoms with Crippen LogP contribution in [0.4, 0.5) is 15.3 Å². The maximum Gasteiger partial charge on any atom is 0.410 e. The van der Waals surface area contributed by atoms with Crippen molar-refractivity contribution >= 4 is 29.4 Å². The molecule has 1 aromatic carbocycles. The Hall–Kier alpha value is -1.95. The third-order valence-corrected chi connectivity index (χ3v) is 4.91. The van der Waals surface area contributed by atoms with Crippen molar-refractivity contribution in [3.05, 3.63) is 29.3 Å². The largest absolute Gasteiger partial charge is 0.443 e. The Bertz CT molecular complexity index is 651. The summed E-state index contributed by atoms with van der Waals surface area (Å²) in [7, 11) is 0. The Morgan fingerprint density at radius 3 is 2.85 bits per heavy atom. The van der Waals surface area contributed by atoms with Gasteiger partial charge in [-0.15, -0.1) is 0 Å². The highest BCUT2D eigenvalue weighted by Gasteiger charge is 2.31. The molecule has 1 aliphatic heterocycles. The number of unbranched alkanes of at least 4 members (excludes halogenated alkanes) is 1. The molecule has 1 fully saturated rings.